The Morgan fingerprint density at radius 2 is 2.05 bits per heavy atom. The molecule has 0 saturated heterocycles. The van der Waals surface area contributed by atoms with Crippen molar-refractivity contribution in [3.63, 3.8) is 0 Å². The zero-order valence-corrected chi connectivity index (χ0v) is 13.5. The lowest BCUT2D eigenvalue weighted by molar-refractivity contribution is 0.244. The van der Waals surface area contributed by atoms with Crippen LogP contribution < -0.4 is 10.6 Å². The van der Waals surface area contributed by atoms with Gasteiger partial charge in [-0.25, -0.2) is 0 Å². The van der Waals surface area contributed by atoms with Crippen molar-refractivity contribution in [2.45, 2.75) is 24.7 Å². The molecular formula is C16H22BrN3. The topological polar surface area (TPSA) is 36.4 Å². The molecule has 0 atom stereocenters. The molecule has 20 heavy (non-hydrogen) atoms. The summed E-state index contributed by atoms with van der Waals surface area (Å²) in [6.45, 7) is 5.36. The van der Waals surface area contributed by atoms with Crippen LogP contribution in [0.4, 0.5) is 0 Å². The maximum Gasteiger partial charge on any atom is 0.191 e. The van der Waals surface area contributed by atoms with Gasteiger partial charge in [-0.3, -0.25) is 4.99 Å². The summed E-state index contributed by atoms with van der Waals surface area (Å²) in [6.07, 6.45) is 5.61. The molecule has 0 amide bonds. The number of rotatable bonds is 5. The van der Waals surface area contributed by atoms with E-state index in [9.17, 15) is 0 Å². The van der Waals surface area contributed by atoms with Crippen molar-refractivity contribution in [3.8, 4) is 0 Å². The zero-order valence-electron chi connectivity index (χ0n) is 12.0. The molecule has 1 fully saturated rings. The number of benzene rings is 1. The molecule has 1 saturated carbocycles. The number of aliphatic imine (C=N–C) groups is 1. The monoisotopic (exact) mass is 335 g/mol. The third kappa shape index (κ3) is 3.42. The SMILES string of the molecule is C=CCNC(=NC)NCC1(c2ccc(Br)cc2)CCC1. The maximum absolute atomic E-state index is 4.23. The van der Waals surface area contributed by atoms with Gasteiger partial charge in [-0.15, -0.1) is 6.58 Å². The Morgan fingerprint density at radius 3 is 2.55 bits per heavy atom. The molecule has 0 bridgehead atoms. The Hall–Kier alpha value is -1.29. The summed E-state index contributed by atoms with van der Waals surface area (Å²) in [7, 11) is 1.80. The fourth-order valence-electron chi connectivity index (χ4n) is 2.62. The van der Waals surface area contributed by atoms with Gasteiger partial charge >= 0.3 is 0 Å². The Morgan fingerprint density at radius 1 is 1.35 bits per heavy atom. The van der Waals surface area contributed by atoms with Crippen molar-refractivity contribution in [1.82, 2.24) is 10.6 Å². The van der Waals surface area contributed by atoms with Crippen LogP contribution in [0.15, 0.2) is 46.4 Å². The molecule has 0 spiro atoms. The van der Waals surface area contributed by atoms with Crippen molar-refractivity contribution >= 4 is 21.9 Å². The molecule has 4 heteroatoms. The van der Waals surface area contributed by atoms with Crippen LogP contribution in [0.5, 0.6) is 0 Å². The van der Waals surface area contributed by atoms with E-state index in [0.717, 1.165) is 23.5 Å². The fourth-order valence-corrected chi connectivity index (χ4v) is 2.88. The number of hydrogen-bond donors (Lipinski definition) is 2. The van der Waals surface area contributed by atoms with E-state index in [4.69, 9.17) is 0 Å². The van der Waals surface area contributed by atoms with Crippen molar-refractivity contribution in [1.29, 1.82) is 0 Å². The van der Waals surface area contributed by atoms with Crippen LogP contribution in [-0.2, 0) is 5.41 Å². The fraction of sp³-hybridized carbons (Fsp3) is 0.438. The van der Waals surface area contributed by atoms with Gasteiger partial charge in [-0.05, 0) is 30.5 Å². The lowest BCUT2D eigenvalue weighted by atomic mass is 9.64. The normalized spacial score (nSPS) is 17.2. The van der Waals surface area contributed by atoms with Gasteiger partial charge in [0.2, 0.25) is 0 Å². The first kappa shape index (κ1) is 15.1. The lowest BCUT2D eigenvalue weighted by Gasteiger charge is -2.43. The average Bonchev–Trinajstić information content (AvgIpc) is 2.42. The second kappa shape index (κ2) is 6.93. The van der Waals surface area contributed by atoms with E-state index in [1.807, 2.05) is 6.08 Å². The van der Waals surface area contributed by atoms with E-state index < -0.39 is 0 Å². The first-order valence-corrected chi connectivity index (χ1v) is 7.81. The smallest absolute Gasteiger partial charge is 0.191 e. The molecule has 2 N–H and O–H groups in total. The van der Waals surface area contributed by atoms with Crippen LogP contribution in [-0.4, -0.2) is 26.1 Å². The Labute approximate surface area is 129 Å². The standard InChI is InChI=1S/C16H22BrN3/c1-3-11-19-15(18-2)20-12-16(9-4-10-16)13-5-7-14(17)8-6-13/h3,5-8H,1,4,9-12H2,2H3,(H2,18,19,20). The highest BCUT2D eigenvalue weighted by molar-refractivity contribution is 9.10. The van der Waals surface area contributed by atoms with Gasteiger partial charge < -0.3 is 10.6 Å². The summed E-state index contributed by atoms with van der Waals surface area (Å²) in [5, 5.41) is 6.65. The van der Waals surface area contributed by atoms with Crippen LogP contribution in [0.3, 0.4) is 0 Å². The first-order valence-electron chi connectivity index (χ1n) is 7.02. The number of nitrogens with one attached hydrogen (secondary N) is 2. The van der Waals surface area contributed by atoms with Gasteiger partial charge in [0.15, 0.2) is 5.96 Å². The van der Waals surface area contributed by atoms with Crippen LogP contribution in [0, 0.1) is 0 Å². The quantitative estimate of drug-likeness (QED) is 0.492. The Kier molecular flexibility index (Phi) is 5.24. The molecule has 1 aliphatic carbocycles. The van der Waals surface area contributed by atoms with E-state index in [1.165, 1.54) is 24.8 Å². The second-order valence-electron chi connectivity index (χ2n) is 5.24. The third-order valence-electron chi connectivity index (χ3n) is 4.00. The van der Waals surface area contributed by atoms with Crippen LogP contribution >= 0.6 is 15.9 Å². The largest absolute Gasteiger partial charge is 0.356 e. The van der Waals surface area contributed by atoms with E-state index >= 15 is 0 Å². The summed E-state index contributed by atoms with van der Waals surface area (Å²) in [5.41, 5.74) is 1.67. The molecule has 108 valence electrons. The minimum Gasteiger partial charge on any atom is -0.356 e. The summed E-state index contributed by atoms with van der Waals surface area (Å²) in [6, 6.07) is 8.70. The van der Waals surface area contributed by atoms with Crippen LogP contribution in [0.1, 0.15) is 24.8 Å². The van der Waals surface area contributed by atoms with Gasteiger partial charge in [0.25, 0.3) is 0 Å². The maximum atomic E-state index is 4.23. The molecule has 1 aromatic carbocycles. The van der Waals surface area contributed by atoms with Crippen molar-refractivity contribution in [2.75, 3.05) is 20.1 Å². The highest BCUT2D eigenvalue weighted by Gasteiger charge is 2.38. The summed E-state index contributed by atoms with van der Waals surface area (Å²) >= 11 is 3.50. The predicted molar refractivity (Wildman–Crippen MR) is 89.2 cm³/mol. The molecule has 0 radical (unpaired) electrons. The van der Waals surface area contributed by atoms with E-state index in [-0.39, 0.29) is 5.41 Å². The number of hydrogen-bond acceptors (Lipinski definition) is 1. The molecule has 3 nitrogen and oxygen atoms in total. The third-order valence-corrected chi connectivity index (χ3v) is 4.53. The minimum absolute atomic E-state index is 0.256. The molecule has 0 aliphatic heterocycles. The lowest BCUT2D eigenvalue weighted by Crippen LogP contribution is -2.48. The number of nitrogens with zero attached hydrogens (tertiary/aromatic N) is 1. The van der Waals surface area contributed by atoms with E-state index in [2.05, 4.69) is 62.4 Å². The van der Waals surface area contributed by atoms with Gasteiger partial charge in [0, 0.05) is 30.0 Å². The van der Waals surface area contributed by atoms with E-state index in [0.29, 0.717) is 0 Å². The van der Waals surface area contributed by atoms with E-state index in [1.54, 1.807) is 7.05 Å². The highest BCUT2D eigenvalue weighted by Crippen LogP contribution is 2.43. The molecule has 0 heterocycles. The van der Waals surface area contributed by atoms with Crippen molar-refractivity contribution < 1.29 is 0 Å². The minimum atomic E-state index is 0.256. The van der Waals surface area contributed by atoms with Crippen molar-refractivity contribution in [2.24, 2.45) is 4.99 Å². The summed E-state index contributed by atoms with van der Waals surface area (Å²) < 4.78 is 1.13. The number of halogens is 1. The molecule has 1 aromatic rings. The Balaban J connectivity index is 2.01. The molecule has 1 aliphatic rings. The van der Waals surface area contributed by atoms with Gasteiger partial charge in [0.1, 0.15) is 0 Å². The second-order valence-corrected chi connectivity index (χ2v) is 6.15. The zero-order chi connectivity index (χ0) is 14.4. The first-order chi connectivity index (χ1) is 9.70. The van der Waals surface area contributed by atoms with Gasteiger partial charge in [-0.2, -0.15) is 0 Å². The molecule has 0 unspecified atom stereocenters. The number of guanidine groups is 1. The Bertz CT molecular complexity index is 475. The summed E-state index contributed by atoms with van der Waals surface area (Å²) in [5.74, 6) is 0.841. The highest BCUT2D eigenvalue weighted by atomic mass is 79.9. The van der Waals surface area contributed by atoms with Crippen LogP contribution in [0.25, 0.3) is 0 Å². The van der Waals surface area contributed by atoms with Gasteiger partial charge in [-0.1, -0.05) is 40.6 Å². The summed E-state index contributed by atoms with van der Waals surface area (Å²) in [4.78, 5) is 4.23. The average molecular weight is 336 g/mol. The van der Waals surface area contributed by atoms with Gasteiger partial charge in [0.05, 0.1) is 0 Å². The molecular weight excluding hydrogens is 314 g/mol. The predicted octanol–water partition coefficient (Wildman–Crippen LogP) is 3.22. The van der Waals surface area contributed by atoms with Crippen LogP contribution in [0.2, 0.25) is 0 Å². The van der Waals surface area contributed by atoms with Crippen molar-refractivity contribution in [3.05, 3.63) is 47.0 Å². The molecule has 0 aromatic heterocycles. The molecule has 2 rings (SSSR count).